The molecule has 170 valence electrons. The van der Waals surface area contributed by atoms with Crippen LogP contribution in [0, 0.1) is 26.7 Å². The van der Waals surface area contributed by atoms with Gasteiger partial charge in [0.2, 0.25) is 0 Å². The third-order valence-electron chi connectivity index (χ3n) is 5.89. The fraction of sp³-hybridized carbons (Fsp3) is 0.519. The lowest BCUT2D eigenvalue weighted by Gasteiger charge is -2.18. The molecule has 0 amide bonds. The molecule has 1 atom stereocenters. The molecule has 4 heteroatoms. The van der Waals surface area contributed by atoms with E-state index < -0.39 is 5.97 Å². The molecular formula is C27H39NO3. The van der Waals surface area contributed by atoms with Crippen LogP contribution in [0.4, 0.5) is 0 Å². The topological polar surface area (TPSA) is 58.6 Å². The monoisotopic (exact) mass is 425 g/mol. The van der Waals surface area contributed by atoms with Gasteiger partial charge in [0.25, 0.3) is 0 Å². The molecule has 0 spiro atoms. The van der Waals surface area contributed by atoms with E-state index in [1.807, 2.05) is 6.07 Å². The first kappa shape index (κ1) is 24.9. The van der Waals surface area contributed by atoms with E-state index in [1.165, 1.54) is 36.0 Å². The number of hydrogen-bond acceptors (Lipinski definition) is 3. The average molecular weight is 426 g/mol. The molecule has 0 bridgehead atoms. The molecule has 0 aromatic heterocycles. The second kappa shape index (κ2) is 13.2. The number of carbonyl (C=O) groups is 1. The first-order chi connectivity index (χ1) is 14.9. The van der Waals surface area contributed by atoms with E-state index in [2.05, 4.69) is 63.3 Å². The van der Waals surface area contributed by atoms with Gasteiger partial charge in [-0.3, -0.25) is 4.79 Å². The number of rotatable bonds is 14. The zero-order valence-corrected chi connectivity index (χ0v) is 19.7. The van der Waals surface area contributed by atoms with Crippen molar-refractivity contribution in [2.45, 2.75) is 72.8 Å². The first-order valence-electron chi connectivity index (χ1n) is 11.6. The van der Waals surface area contributed by atoms with Crippen LogP contribution in [-0.2, 0) is 17.8 Å². The average Bonchev–Trinajstić information content (AvgIpc) is 2.72. The minimum absolute atomic E-state index is 0.142. The van der Waals surface area contributed by atoms with Gasteiger partial charge in [-0.25, -0.2) is 0 Å². The Morgan fingerprint density at radius 2 is 1.74 bits per heavy atom. The van der Waals surface area contributed by atoms with Gasteiger partial charge in [0.05, 0.1) is 13.0 Å². The number of aryl methyl sites for hydroxylation is 3. The van der Waals surface area contributed by atoms with E-state index in [0.717, 1.165) is 36.3 Å². The minimum Gasteiger partial charge on any atom is -0.493 e. The molecule has 0 saturated heterocycles. The van der Waals surface area contributed by atoms with Gasteiger partial charge in [-0.1, -0.05) is 50.1 Å². The van der Waals surface area contributed by atoms with Crippen LogP contribution in [0.15, 0.2) is 36.4 Å². The van der Waals surface area contributed by atoms with Gasteiger partial charge in [-0.2, -0.15) is 0 Å². The fourth-order valence-electron chi connectivity index (χ4n) is 3.99. The van der Waals surface area contributed by atoms with E-state index in [-0.39, 0.29) is 6.42 Å². The second-order valence-corrected chi connectivity index (χ2v) is 8.69. The van der Waals surface area contributed by atoms with Crippen LogP contribution in [0.25, 0.3) is 0 Å². The lowest BCUT2D eigenvalue weighted by molar-refractivity contribution is -0.136. The Balaban J connectivity index is 1.77. The second-order valence-electron chi connectivity index (χ2n) is 8.69. The van der Waals surface area contributed by atoms with Gasteiger partial charge in [-0.05, 0) is 79.8 Å². The normalized spacial score (nSPS) is 12.0. The van der Waals surface area contributed by atoms with Crippen LogP contribution in [0.2, 0.25) is 0 Å². The molecule has 2 aromatic rings. The summed E-state index contributed by atoms with van der Waals surface area (Å²) < 4.78 is 6.06. The molecule has 4 nitrogen and oxygen atoms in total. The van der Waals surface area contributed by atoms with Crippen molar-refractivity contribution in [3.8, 4) is 5.75 Å². The van der Waals surface area contributed by atoms with Crippen molar-refractivity contribution in [3.63, 3.8) is 0 Å². The van der Waals surface area contributed by atoms with Gasteiger partial charge in [0.15, 0.2) is 0 Å². The summed E-state index contributed by atoms with van der Waals surface area (Å²) >= 11 is 0. The van der Waals surface area contributed by atoms with E-state index in [0.29, 0.717) is 19.0 Å². The lowest BCUT2D eigenvalue weighted by atomic mass is 9.90. The number of carboxylic acid groups (broad SMARTS) is 1. The highest BCUT2D eigenvalue weighted by Crippen LogP contribution is 2.23. The Bertz CT molecular complexity index is 831. The number of ether oxygens (including phenoxy) is 1. The Hall–Kier alpha value is -2.33. The van der Waals surface area contributed by atoms with Gasteiger partial charge < -0.3 is 15.2 Å². The Morgan fingerprint density at radius 1 is 1.00 bits per heavy atom. The van der Waals surface area contributed by atoms with E-state index in [4.69, 9.17) is 9.84 Å². The molecule has 2 N–H and O–H groups in total. The van der Waals surface area contributed by atoms with Crippen LogP contribution in [0.1, 0.15) is 66.8 Å². The molecule has 0 aliphatic rings. The van der Waals surface area contributed by atoms with Crippen LogP contribution >= 0.6 is 0 Å². The van der Waals surface area contributed by atoms with Crippen LogP contribution < -0.4 is 10.1 Å². The molecule has 0 heterocycles. The van der Waals surface area contributed by atoms with Crippen LogP contribution in [0.5, 0.6) is 5.75 Å². The molecule has 1 unspecified atom stereocenters. The van der Waals surface area contributed by atoms with Crippen LogP contribution in [0.3, 0.4) is 0 Å². The molecule has 0 aliphatic carbocycles. The summed E-state index contributed by atoms with van der Waals surface area (Å²) in [5, 5.41) is 11.9. The first-order valence-corrected chi connectivity index (χ1v) is 11.6. The summed E-state index contributed by atoms with van der Waals surface area (Å²) in [4.78, 5) is 10.6. The van der Waals surface area contributed by atoms with E-state index in [9.17, 15) is 4.79 Å². The molecular weight excluding hydrogens is 386 g/mol. The predicted octanol–water partition coefficient (Wildman–Crippen LogP) is 5.99. The lowest BCUT2D eigenvalue weighted by Crippen LogP contribution is -2.17. The molecule has 2 rings (SSSR count). The Kier molecular flexibility index (Phi) is 10.6. The van der Waals surface area contributed by atoms with Crippen molar-refractivity contribution in [3.05, 3.63) is 64.2 Å². The molecule has 31 heavy (non-hydrogen) atoms. The third-order valence-corrected chi connectivity index (χ3v) is 5.89. The highest BCUT2D eigenvalue weighted by molar-refractivity contribution is 5.66. The molecule has 2 aromatic carbocycles. The summed E-state index contributed by atoms with van der Waals surface area (Å²) in [7, 11) is 0. The van der Waals surface area contributed by atoms with E-state index >= 15 is 0 Å². The third kappa shape index (κ3) is 9.14. The minimum atomic E-state index is -0.775. The largest absolute Gasteiger partial charge is 0.493 e. The number of carboxylic acids is 1. The fourth-order valence-corrected chi connectivity index (χ4v) is 3.99. The molecule has 0 aliphatic heterocycles. The maximum absolute atomic E-state index is 10.6. The summed E-state index contributed by atoms with van der Waals surface area (Å²) in [6, 6.07) is 13.1. The molecule has 0 saturated carbocycles. The van der Waals surface area contributed by atoms with Crippen molar-refractivity contribution in [2.75, 3.05) is 13.2 Å². The zero-order valence-electron chi connectivity index (χ0n) is 19.7. The van der Waals surface area contributed by atoms with Crippen molar-refractivity contribution in [1.29, 1.82) is 0 Å². The van der Waals surface area contributed by atoms with Crippen molar-refractivity contribution >= 4 is 5.97 Å². The quantitative estimate of drug-likeness (QED) is 0.365. The van der Waals surface area contributed by atoms with Crippen LogP contribution in [-0.4, -0.2) is 24.2 Å². The zero-order chi connectivity index (χ0) is 22.6. The highest BCUT2D eigenvalue weighted by atomic mass is 16.5. The predicted molar refractivity (Wildman–Crippen MR) is 128 cm³/mol. The van der Waals surface area contributed by atoms with E-state index in [1.54, 1.807) is 0 Å². The SMILES string of the molecule is CCCC(CCCOc1ccc(CNCCC(=O)O)cc1C)Cc1ccc(C)c(C)c1. The van der Waals surface area contributed by atoms with Gasteiger partial charge >= 0.3 is 5.97 Å². The number of benzene rings is 2. The Morgan fingerprint density at radius 3 is 2.42 bits per heavy atom. The Labute approximate surface area is 188 Å². The number of hydrogen-bond donors (Lipinski definition) is 2. The maximum Gasteiger partial charge on any atom is 0.304 e. The van der Waals surface area contributed by atoms with Crippen molar-refractivity contribution in [1.82, 2.24) is 5.32 Å². The summed E-state index contributed by atoms with van der Waals surface area (Å²) in [6.45, 7) is 10.6. The van der Waals surface area contributed by atoms with Gasteiger partial charge in [0, 0.05) is 13.1 Å². The summed E-state index contributed by atoms with van der Waals surface area (Å²) in [5.41, 5.74) is 6.46. The standard InChI is InChI=1S/C27H39NO3/c1-5-7-23(18-24-10-9-20(2)21(3)16-24)8-6-15-31-26-12-11-25(17-22(26)4)19-28-14-13-27(29)30/h9-12,16-17,23,28H,5-8,13-15,18-19H2,1-4H3,(H,29,30). The summed E-state index contributed by atoms with van der Waals surface area (Å²) in [6.07, 6.45) is 6.02. The van der Waals surface area contributed by atoms with Crippen molar-refractivity contribution in [2.24, 2.45) is 5.92 Å². The van der Waals surface area contributed by atoms with Gasteiger partial charge in [0.1, 0.15) is 5.75 Å². The van der Waals surface area contributed by atoms with Crippen molar-refractivity contribution < 1.29 is 14.6 Å². The maximum atomic E-state index is 10.6. The smallest absolute Gasteiger partial charge is 0.304 e. The highest BCUT2D eigenvalue weighted by Gasteiger charge is 2.10. The molecule has 0 fully saturated rings. The number of aliphatic carboxylic acids is 1. The molecule has 0 radical (unpaired) electrons. The number of nitrogens with one attached hydrogen (secondary N) is 1. The summed E-state index contributed by atoms with van der Waals surface area (Å²) in [5.74, 6) is 0.870. The van der Waals surface area contributed by atoms with Gasteiger partial charge in [-0.15, -0.1) is 0 Å².